The van der Waals surface area contributed by atoms with Gasteiger partial charge < -0.3 is 9.67 Å². The average molecular weight is 239 g/mol. The monoisotopic (exact) mass is 239 g/mol. The Morgan fingerprint density at radius 1 is 1.59 bits per heavy atom. The van der Waals surface area contributed by atoms with Crippen molar-refractivity contribution >= 4 is 5.97 Å². The predicted octanol–water partition coefficient (Wildman–Crippen LogP) is 1.45. The van der Waals surface area contributed by atoms with E-state index in [1.807, 2.05) is 15.7 Å². The number of carboxylic acid groups (broad SMARTS) is 1. The van der Waals surface area contributed by atoms with Crippen molar-refractivity contribution in [3.05, 3.63) is 18.2 Å². The minimum Gasteiger partial charge on any atom is -0.480 e. The second kappa shape index (κ2) is 6.39. The summed E-state index contributed by atoms with van der Waals surface area (Å²) in [5, 5.41) is 8.88. The van der Waals surface area contributed by atoms with Gasteiger partial charge in [-0.1, -0.05) is 13.8 Å². The van der Waals surface area contributed by atoms with Crippen LogP contribution in [0.25, 0.3) is 0 Å². The van der Waals surface area contributed by atoms with Crippen LogP contribution in [-0.4, -0.2) is 38.6 Å². The summed E-state index contributed by atoms with van der Waals surface area (Å²) in [5.74, 6) is 0.578. The van der Waals surface area contributed by atoms with Crippen LogP contribution in [0.2, 0.25) is 0 Å². The Morgan fingerprint density at radius 3 is 2.82 bits per heavy atom. The Balaban J connectivity index is 2.67. The smallest absolute Gasteiger partial charge is 0.317 e. The van der Waals surface area contributed by atoms with Gasteiger partial charge in [-0.05, 0) is 12.8 Å². The topological polar surface area (TPSA) is 58.4 Å². The number of hydrogen-bond donors (Lipinski definition) is 1. The van der Waals surface area contributed by atoms with Gasteiger partial charge in [-0.15, -0.1) is 0 Å². The van der Waals surface area contributed by atoms with Crippen molar-refractivity contribution in [2.75, 3.05) is 13.1 Å². The van der Waals surface area contributed by atoms with Gasteiger partial charge in [-0.2, -0.15) is 0 Å². The maximum absolute atomic E-state index is 10.8. The quantitative estimate of drug-likeness (QED) is 0.782. The average Bonchev–Trinajstić information content (AvgIpc) is 2.62. The largest absolute Gasteiger partial charge is 0.480 e. The molecule has 0 bridgehead atoms. The predicted molar refractivity (Wildman–Crippen MR) is 65.7 cm³/mol. The zero-order valence-electron chi connectivity index (χ0n) is 10.8. The molecule has 0 radical (unpaired) electrons. The highest BCUT2D eigenvalue weighted by Gasteiger charge is 2.14. The standard InChI is InChI=1S/C12H21N3O2/c1-4-15-6-5-13-11(15)8-14(7-10(2)3)9-12(16)17/h5-6,10H,4,7-9H2,1-3H3,(H,16,17). The first-order valence-electron chi connectivity index (χ1n) is 5.97. The zero-order valence-corrected chi connectivity index (χ0v) is 10.8. The minimum atomic E-state index is -0.791. The molecule has 1 N–H and O–H groups in total. The molecule has 0 spiro atoms. The van der Waals surface area contributed by atoms with E-state index in [1.54, 1.807) is 6.20 Å². The van der Waals surface area contributed by atoms with Gasteiger partial charge in [0.25, 0.3) is 0 Å². The summed E-state index contributed by atoms with van der Waals surface area (Å²) in [6, 6.07) is 0. The molecule has 0 aliphatic heterocycles. The summed E-state index contributed by atoms with van der Waals surface area (Å²) in [6.45, 7) is 8.50. The highest BCUT2D eigenvalue weighted by Crippen LogP contribution is 2.06. The molecule has 0 saturated heterocycles. The molecule has 0 aromatic carbocycles. The number of hydrogen-bond acceptors (Lipinski definition) is 3. The Kier molecular flexibility index (Phi) is 5.15. The van der Waals surface area contributed by atoms with Crippen molar-refractivity contribution < 1.29 is 9.90 Å². The molecule has 0 aliphatic rings. The summed E-state index contributed by atoms with van der Waals surface area (Å²) in [7, 11) is 0. The fourth-order valence-electron chi connectivity index (χ4n) is 1.87. The first kappa shape index (κ1) is 13.7. The van der Waals surface area contributed by atoms with E-state index in [1.165, 1.54) is 0 Å². The summed E-state index contributed by atoms with van der Waals surface area (Å²) in [5.41, 5.74) is 0. The van der Waals surface area contributed by atoms with Crippen molar-refractivity contribution in [2.24, 2.45) is 5.92 Å². The Bertz CT molecular complexity index is 360. The number of rotatable bonds is 7. The summed E-state index contributed by atoms with van der Waals surface area (Å²) in [4.78, 5) is 17.0. The van der Waals surface area contributed by atoms with E-state index in [2.05, 4.69) is 25.8 Å². The molecule has 0 unspecified atom stereocenters. The van der Waals surface area contributed by atoms with E-state index in [4.69, 9.17) is 5.11 Å². The first-order chi connectivity index (χ1) is 8.02. The van der Waals surface area contributed by atoms with Gasteiger partial charge in [0.05, 0.1) is 13.1 Å². The first-order valence-corrected chi connectivity index (χ1v) is 5.97. The Hall–Kier alpha value is -1.36. The third-order valence-corrected chi connectivity index (χ3v) is 2.49. The van der Waals surface area contributed by atoms with Crippen LogP contribution >= 0.6 is 0 Å². The van der Waals surface area contributed by atoms with E-state index >= 15 is 0 Å². The van der Waals surface area contributed by atoms with E-state index < -0.39 is 5.97 Å². The van der Waals surface area contributed by atoms with Gasteiger partial charge >= 0.3 is 5.97 Å². The minimum absolute atomic E-state index is 0.0642. The molecule has 0 fully saturated rings. The van der Waals surface area contributed by atoms with Crippen molar-refractivity contribution in [3.63, 3.8) is 0 Å². The van der Waals surface area contributed by atoms with Crippen LogP contribution in [0, 0.1) is 5.92 Å². The molecule has 1 aromatic rings. The highest BCUT2D eigenvalue weighted by atomic mass is 16.4. The van der Waals surface area contributed by atoms with Gasteiger partial charge in [0, 0.05) is 25.5 Å². The van der Waals surface area contributed by atoms with Crippen LogP contribution < -0.4 is 0 Å². The zero-order chi connectivity index (χ0) is 12.8. The second-order valence-corrected chi connectivity index (χ2v) is 4.59. The lowest BCUT2D eigenvalue weighted by molar-refractivity contribution is -0.138. The van der Waals surface area contributed by atoms with Crippen molar-refractivity contribution in [1.29, 1.82) is 0 Å². The summed E-state index contributed by atoms with van der Waals surface area (Å²) in [6.07, 6.45) is 3.68. The SMILES string of the molecule is CCn1ccnc1CN(CC(=O)O)CC(C)C. The molecule has 17 heavy (non-hydrogen) atoms. The number of aromatic nitrogens is 2. The van der Waals surface area contributed by atoms with E-state index in [0.717, 1.165) is 18.9 Å². The molecular formula is C12H21N3O2. The van der Waals surface area contributed by atoms with E-state index in [9.17, 15) is 4.79 Å². The molecule has 5 heteroatoms. The van der Waals surface area contributed by atoms with Crippen molar-refractivity contribution in [3.8, 4) is 0 Å². The number of carboxylic acids is 1. The number of nitrogens with zero attached hydrogens (tertiary/aromatic N) is 3. The van der Waals surface area contributed by atoms with Crippen LogP contribution in [-0.2, 0) is 17.9 Å². The fourth-order valence-corrected chi connectivity index (χ4v) is 1.87. The lowest BCUT2D eigenvalue weighted by Gasteiger charge is -2.22. The molecule has 1 heterocycles. The van der Waals surface area contributed by atoms with Crippen molar-refractivity contribution in [2.45, 2.75) is 33.9 Å². The number of imidazole rings is 1. The number of aryl methyl sites for hydroxylation is 1. The maximum Gasteiger partial charge on any atom is 0.317 e. The highest BCUT2D eigenvalue weighted by molar-refractivity contribution is 5.69. The molecule has 1 rings (SSSR count). The molecule has 0 saturated carbocycles. The van der Waals surface area contributed by atoms with Gasteiger partial charge in [0.1, 0.15) is 5.82 Å². The fraction of sp³-hybridized carbons (Fsp3) is 0.667. The third-order valence-electron chi connectivity index (χ3n) is 2.49. The molecule has 96 valence electrons. The van der Waals surface area contributed by atoms with Crippen LogP contribution in [0.1, 0.15) is 26.6 Å². The number of carbonyl (C=O) groups is 1. The molecule has 5 nitrogen and oxygen atoms in total. The van der Waals surface area contributed by atoms with Crippen LogP contribution in [0.5, 0.6) is 0 Å². The lowest BCUT2D eigenvalue weighted by Crippen LogP contribution is -2.33. The molecule has 0 atom stereocenters. The molecule has 0 amide bonds. The van der Waals surface area contributed by atoms with Gasteiger partial charge in [-0.25, -0.2) is 4.98 Å². The van der Waals surface area contributed by atoms with Gasteiger partial charge in [0.2, 0.25) is 0 Å². The van der Waals surface area contributed by atoms with Crippen molar-refractivity contribution in [1.82, 2.24) is 14.5 Å². The second-order valence-electron chi connectivity index (χ2n) is 4.59. The Labute approximate surface area is 102 Å². The molecular weight excluding hydrogens is 218 g/mol. The summed E-state index contributed by atoms with van der Waals surface area (Å²) < 4.78 is 2.04. The molecule has 0 aliphatic carbocycles. The number of aliphatic carboxylic acids is 1. The third kappa shape index (κ3) is 4.56. The van der Waals surface area contributed by atoms with Gasteiger partial charge in [0.15, 0.2) is 0 Å². The summed E-state index contributed by atoms with van der Waals surface area (Å²) >= 11 is 0. The van der Waals surface area contributed by atoms with E-state index in [0.29, 0.717) is 12.5 Å². The van der Waals surface area contributed by atoms with Crippen LogP contribution in [0.15, 0.2) is 12.4 Å². The van der Waals surface area contributed by atoms with Crippen LogP contribution in [0.4, 0.5) is 0 Å². The lowest BCUT2D eigenvalue weighted by atomic mass is 10.2. The maximum atomic E-state index is 10.8. The van der Waals surface area contributed by atoms with E-state index in [-0.39, 0.29) is 6.54 Å². The molecule has 1 aromatic heterocycles. The van der Waals surface area contributed by atoms with Crippen LogP contribution in [0.3, 0.4) is 0 Å². The normalized spacial score (nSPS) is 11.4. The Morgan fingerprint density at radius 2 is 2.29 bits per heavy atom. The van der Waals surface area contributed by atoms with Gasteiger partial charge in [-0.3, -0.25) is 9.69 Å².